The molecule has 0 saturated carbocycles. The number of benzene rings is 1. The Kier molecular flexibility index (Phi) is 7.28. The minimum atomic E-state index is -0.450. The summed E-state index contributed by atoms with van der Waals surface area (Å²) in [5, 5.41) is 9.33. The second kappa shape index (κ2) is 9.45. The molecule has 0 radical (unpaired) electrons. The number of carbonyl (C=O) groups excluding carboxylic acids is 1. The molecule has 2 heterocycles. The Labute approximate surface area is 166 Å². The van der Waals surface area contributed by atoms with Gasteiger partial charge in [0, 0.05) is 17.4 Å². The van der Waals surface area contributed by atoms with Gasteiger partial charge < -0.3 is 20.3 Å². The molecule has 8 nitrogen and oxygen atoms in total. The molecule has 0 saturated heterocycles. The first-order valence-electron chi connectivity index (χ1n) is 8.04. The van der Waals surface area contributed by atoms with Gasteiger partial charge in [0.15, 0.2) is 0 Å². The molecule has 0 fully saturated rings. The fraction of sp³-hybridized carbons (Fsp3) is 0.294. The SMILES string of the molecule is COc1cccc(-c2noc(C(C)NC(=O)c3csc(CCN)n3)n2)c1.Cl. The molecule has 3 N–H and O–H groups in total. The van der Waals surface area contributed by atoms with Crippen LogP contribution in [0.3, 0.4) is 0 Å². The van der Waals surface area contributed by atoms with Crippen molar-refractivity contribution >= 4 is 29.7 Å². The van der Waals surface area contributed by atoms with E-state index in [2.05, 4.69) is 20.4 Å². The Balaban J connectivity index is 0.00000261. The third-order valence-electron chi connectivity index (χ3n) is 3.63. The monoisotopic (exact) mass is 409 g/mol. The van der Waals surface area contributed by atoms with E-state index in [0.717, 1.165) is 10.6 Å². The highest BCUT2D eigenvalue weighted by atomic mass is 35.5. The first-order valence-corrected chi connectivity index (χ1v) is 8.92. The quantitative estimate of drug-likeness (QED) is 0.616. The maximum atomic E-state index is 12.3. The summed E-state index contributed by atoms with van der Waals surface area (Å²) >= 11 is 1.41. The van der Waals surface area contributed by atoms with Crippen LogP contribution in [0.4, 0.5) is 0 Å². The number of halogens is 1. The number of nitrogens with zero attached hydrogens (tertiary/aromatic N) is 3. The van der Waals surface area contributed by atoms with Crippen molar-refractivity contribution in [3.63, 3.8) is 0 Å². The number of carbonyl (C=O) groups is 1. The van der Waals surface area contributed by atoms with Crippen molar-refractivity contribution in [2.24, 2.45) is 5.73 Å². The highest BCUT2D eigenvalue weighted by molar-refractivity contribution is 7.09. The van der Waals surface area contributed by atoms with Crippen molar-refractivity contribution in [2.45, 2.75) is 19.4 Å². The van der Waals surface area contributed by atoms with Gasteiger partial charge in [0.05, 0.1) is 12.1 Å². The molecule has 3 aromatic rings. The average Bonchev–Trinajstić information content (AvgIpc) is 3.32. The van der Waals surface area contributed by atoms with E-state index in [1.54, 1.807) is 19.4 Å². The van der Waals surface area contributed by atoms with Gasteiger partial charge in [-0.25, -0.2) is 4.98 Å². The van der Waals surface area contributed by atoms with Crippen molar-refractivity contribution < 1.29 is 14.1 Å². The van der Waals surface area contributed by atoms with Crippen LogP contribution in [0.25, 0.3) is 11.4 Å². The number of amides is 1. The number of aromatic nitrogens is 3. The van der Waals surface area contributed by atoms with Crippen molar-refractivity contribution in [1.29, 1.82) is 0 Å². The molecule has 0 bridgehead atoms. The number of thiazole rings is 1. The van der Waals surface area contributed by atoms with Crippen molar-refractivity contribution in [3.05, 3.63) is 46.2 Å². The Morgan fingerprint density at radius 3 is 2.96 bits per heavy atom. The van der Waals surface area contributed by atoms with E-state index in [-0.39, 0.29) is 18.3 Å². The topological polar surface area (TPSA) is 116 Å². The van der Waals surface area contributed by atoms with Crippen molar-refractivity contribution in [3.8, 4) is 17.1 Å². The Bertz CT molecular complexity index is 898. The van der Waals surface area contributed by atoms with Crippen LogP contribution < -0.4 is 15.8 Å². The zero-order valence-corrected chi connectivity index (χ0v) is 16.5. The number of nitrogens with two attached hydrogens (primary N) is 1. The molecule has 1 unspecified atom stereocenters. The summed E-state index contributed by atoms with van der Waals surface area (Å²) < 4.78 is 10.5. The van der Waals surface area contributed by atoms with E-state index in [9.17, 15) is 4.79 Å². The summed E-state index contributed by atoms with van der Waals surface area (Å²) in [5.74, 6) is 1.15. The summed E-state index contributed by atoms with van der Waals surface area (Å²) in [4.78, 5) is 20.9. The molecule has 0 aliphatic heterocycles. The summed E-state index contributed by atoms with van der Waals surface area (Å²) in [6.07, 6.45) is 0.654. The van der Waals surface area contributed by atoms with Crippen LogP contribution in [-0.4, -0.2) is 34.7 Å². The fourth-order valence-electron chi connectivity index (χ4n) is 2.28. The summed E-state index contributed by atoms with van der Waals surface area (Å²) in [6.45, 7) is 2.27. The van der Waals surface area contributed by atoms with E-state index in [1.165, 1.54) is 11.3 Å². The van der Waals surface area contributed by atoms with Crippen LogP contribution in [0.2, 0.25) is 0 Å². The van der Waals surface area contributed by atoms with Crippen LogP contribution in [0.5, 0.6) is 5.75 Å². The molecule has 1 amide bonds. The Hall–Kier alpha value is -2.49. The van der Waals surface area contributed by atoms with Gasteiger partial charge in [0.25, 0.3) is 5.91 Å². The van der Waals surface area contributed by atoms with Gasteiger partial charge in [-0.2, -0.15) is 4.98 Å². The van der Waals surface area contributed by atoms with Crippen LogP contribution in [0, 0.1) is 0 Å². The highest BCUT2D eigenvalue weighted by Gasteiger charge is 2.19. The van der Waals surface area contributed by atoms with Gasteiger partial charge in [-0.05, 0) is 25.6 Å². The molecular formula is C17H20ClN5O3S. The largest absolute Gasteiger partial charge is 0.497 e. The normalized spacial score (nSPS) is 11.5. The Morgan fingerprint density at radius 1 is 1.41 bits per heavy atom. The lowest BCUT2D eigenvalue weighted by Gasteiger charge is -2.07. The molecule has 0 aliphatic carbocycles. The fourth-order valence-corrected chi connectivity index (χ4v) is 3.07. The molecule has 2 aromatic heterocycles. The van der Waals surface area contributed by atoms with Gasteiger partial charge >= 0.3 is 0 Å². The molecule has 1 atom stereocenters. The minimum Gasteiger partial charge on any atom is -0.497 e. The third kappa shape index (κ3) is 5.03. The van der Waals surface area contributed by atoms with Crippen LogP contribution in [0.15, 0.2) is 34.2 Å². The molecule has 10 heteroatoms. The molecular weight excluding hydrogens is 390 g/mol. The minimum absolute atomic E-state index is 0. The second-order valence-electron chi connectivity index (χ2n) is 5.55. The third-order valence-corrected chi connectivity index (χ3v) is 4.54. The lowest BCUT2D eigenvalue weighted by Crippen LogP contribution is -2.27. The van der Waals surface area contributed by atoms with Gasteiger partial charge in [-0.15, -0.1) is 23.7 Å². The molecule has 27 heavy (non-hydrogen) atoms. The standard InChI is InChI=1S/C17H19N5O3S.ClH/c1-10(19-16(23)13-9-26-14(20-13)6-7-18)17-21-15(22-25-17)11-4-3-5-12(8-11)24-2;/h3-5,8-10H,6-7,18H2,1-2H3,(H,19,23);1H. The van der Waals surface area contributed by atoms with E-state index in [0.29, 0.717) is 36.1 Å². The van der Waals surface area contributed by atoms with Gasteiger partial charge in [0.1, 0.15) is 17.5 Å². The summed E-state index contributed by atoms with van der Waals surface area (Å²) in [7, 11) is 1.59. The second-order valence-corrected chi connectivity index (χ2v) is 6.49. The van der Waals surface area contributed by atoms with E-state index < -0.39 is 6.04 Å². The van der Waals surface area contributed by atoms with E-state index >= 15 is 0 Å². The molecule has 0 aliphatic rings. The van der Waals surface area contributed by atoms with Crippen molar-refractivity contribution in [1.82, 2.24) is 20.4 Å². The zero-order chi connectivity index (χ0) is 18.5. The lowest BCUT2D eigenvalue weighted by molar-refractivity contribution is 0.0928. The average molecular weight is 410 g/mol. The molecule has 0 spiro atoms. The lowest BCUT2D eigenvalue weighted by atomic mass is 10.2. The molecule has 144 valence electrons. The van der Waals surface area contributed by atoms with Gasteiger partial charge in [0.2, 0.25) is 11.7 Å². The maximum absolute atomic E-state index is 12.3. The number of hydrogen-bond acceptors (Lipinski definition) is 8. The van der Waals surface area contributed by atoms with Crippen LogP contribution in [-0.2, 0) is 6.42 Å². The number of nitrogens with one attached hydrogen (secondary N) is 1. The first kappa shape index (κ1) is 20.8. The molecule has 1 aromatic carbocycles. The summed E-state index contributed by atoms with van der Waals surface area (Å²) in [5.41, 5.74) is 6.63. The summed E-state index contributed by atoms with van der Waals surface area (Å²) in [6, 6.07) is 6.89. The predicted molar refractivity (Wildman–Crippen MR) is 104 cm³/mol. The first-order chi connectivity index (χ1) is 12.6. The number of hydrogen-bond donors (Lipinski definition) is 2. The van der Waals surface area contributed by atoms with Gasteiger partial charge in [-0.1, -0.05) is 17.3 Å². The molecule has 3 rings (SSSR count). The number of methoxy groups -OCH3 is 1. The Morgan fingerprint density at radius 2 is 2.22 bits per heavy atom. The number of ether oxygens (including phenoxy) is 1. The highest BCUT2D eigenvalue weighted by Crippen LogP contribution is 2.23. The van der Waals surface area contributed by atoms with Crippen LogP contribution >= 0.6 is 23.7 Å². The van der Waals surface area contributed by atoms with Crippen molar-refractivity contribution in [2.75, 3.05) is 13.7 Å². The van der Waals surface area contributed by atoms with E-state index in [1.807, 2.05) is 24.3 Å². The maximum Gasteiger partial charge on any atom is 0.271 e. The van der Waals surface area contributed by atoms with E-state index in [4.69, 9.17) is 15.0 Å². The zero-order valence-electron chi connectivity index (χ0n) is 14.8. The number of rotatable bonds is 7. The van der Waals surface area contributed by atoms with Gasteiger partial charge in [-0.3, -0.25) is 4.79 Å². The van der Waals surface area contributed by atoms with Crippen LogP contribution in [0.1, 0.15) is 34.4 Å². The predicted octanol–water partition coefficient (Wildman–Crippen LogP) is 2.62. The smallest absolute Gasteiger partial charge is 0.271 e.